The van der Waals surface area contributed by atoms with E-state index in [0.29, 0.717) is 16.7 Å². The van der Waals surface area contributed by atoms with Gasteiger partial charge in [-0.15, -0.1) is 0 Å². The van der Waals surface area contributed by atoms with Gasteiger partial charge in [0.15, 0.2) is 0 Å². The molecule has 0 aromatic carbocycles. The zero-order valence-corrected chi connectivity index (χ0v) is 11.6. The quantitative estimate of drug-likeness (QED) is 0.787. The molecule has 2 N–H and O–H groups in total. The van der Waals surface area contributed by atoms with Crippen molar-refractivity contribution in [2.24, 2.45) is 22.7 Å². The highest BCUT2D eigenvalue weighted by Gasteiger charge is 2.64. The lowest BCUT2D eigenvalue weighted by Gasteiger charge is -2.22. The van der Waals surface area contributed by atoms with Crippen LogP contribution in [0.25, 0.3) is 0 Å². The fraction of sp³-hybridized carbons (Fsp3) is 0.929. The highest BCUT2D eigenvalue weighted by Crippen LogP contribution is 2.67. The summed E-state index contributed by atoms with van der Waals surface area (Å²) in [5, 5.41) is 6.44. The van der Waals surface area contributed by atoms with Crippen molar-refractivity contribution in [3.63, 3.8) is 0 Å². The van der Waals surface area contributed by atoms with Crippen LogP contribution in [0.2, 0.25) is 0 Å². The summed E-state index contributed by atoms with van der Waals surface area (Å²) in [6.45, 7) is 11.9. The van der Waals surface area contributed by atoms with Gasteiger partial charge in [-0.1, -0.05) is 27.7 Å². The van der Waals surface area contributed by atoms with E-state index in [2.05, 4.69) is 38.3 Å². The third-order valence-corrected chi connectivity index (χ3v) is 5.47. The van der Waals surface area contributed by atoms with Gasteiger partial charge in [0.1, 0.15) is 0 Å². The Hall–Kier alpha value is -0.570. The lowest BCUT2D eigenvalue weighted by molar-refractivity contribution is -0.125. The van der Waals surface area contributed by atoms with Crippen molar-refractivity contribution in [1.82, 2.24) is 10.6 Å². The zero-order chi connectivity index (χ0) is 12.7. The Bertz CT molecular complexity index is 289. The first-order valence-corrected chi connectivity index (χ1v) is 6.86. The van der Waals surface area contributed by atoms with Gasteiger partial charge in [0, 0.05) is 13.1 Å². The summed E-state index contributed by atoms with van der Waals surface area (Å²) < 4.78 is 0. The maximum Gasteiger partial charge on any atom is 0.224 e. The zero-order valence-electron chi connectivity index (χ0n) is 11.6. The summed E-state index contributed by atoms with van der Waals surface area (Å²) in [4.78, 5) is 12.0. The molecule has 0 bridgehead atoms. The second-order valence-corrected chi connectivity index (χ2v) is 6.78. The van der Waals surface area contributed by atoms with Crippen molar-refractivity contribution in [2.45, 2.75) is 40.5 Å². The van der Waals surface area contributed by atoms with E-state index in [-0.39, 0.29) is 11.8 Å². The molecule has 1 amide bonds. The Morgan fingerprint density at radius 1 is 1.29 bits per heavy atom. The second kappa shape index (κ2) is 4.27. The Balaban J connectivity index is 1.78. The maximum atomic E-state index is 12.0. The molecule has 1 heterocycles. The molecule has 1 aliphatic carbocycles. The van der Waals surface area contributed by atoms with Gasteiger partial charge in [0.25, 0.3) is 0 Å². The van der Waals surface area contributed by atoms with E-state index < -0.39 is 0 Å². The lowest BCUT2D eigenvalue weighted by atomic mass is 9.99. The fourth-order valence-corrected chi connectivity index (χ4v) is 3.27. The molecule has 1 aliphatic heterocycles. The molecule has 3 nitrogen and oxygen atoms in total. The van der Waals surface area contributed by atoms with Crippen molar-refractivity contribution in [3.8, 4) is 0 Å². The molecule has 1 saturated heterocycles. The molecular formula is C14H26N2O. The van der Waals surface area contributed by atoms with Crippen LogP contribution in [0.1, 0.15) is 40.5 Å². The van der Waals surface area contributed by atoms with E-state index in [1.807, 2.05) is 0 Å². The van der Waals surface area contributed by atoms with Gasteiger partial charge in [-0.25, -0.2) is 0 Å². The molecule has 1 saturated carbocycles. The number of amides is 1. The summed E-state index contributed by atoms with van der Waals surface area (Å²) in [6, 6.07) is 0. The lowest BCUT2D eigenvalue weighted by Crippen LogP contribution is -2.41. The summed E-state index contributed by atoms with van der Waals surface area (Å²) in [5.41, 5.74) is 0.732. The average molecular weight is 238 g/mol. The Morgan fingerprint density at radius 3 is 2.41 bits per heavy atom. The molecule has 2 fully saturated rings. The molecular weight excluding hydrogens is 212 g/mol. The predicted molar refractivity (Wildman–Crippen MR) is 69.7 cm³/mol. The van der Waals surface area contributed by atoms with E-state index >= 15 is 0 Å². The van der Waals surface area contributed by atoms with Crippen LogP contribution in [-0.2, 0) is 4.79 Å². The van der Waals surface area contributed by atoms with Crippen LogP contribution in [0.5, 0.6) is 0 Å². The second-order valence-electron chi connectivity index (χ2n) is 6.78. The number of carbonyl (C=O) groups excluding carboxylic acids is 1. The van der Waals surface area contributed by atoms with Crippen molar-refractivity contribution in [2.75, 3.05) is 19.6 Å². The summed E-state index contributed by atoms with van der Waals surface area (Å²) >= 11 is 0. The Morgan fingerprint density at radius 2 is 1.94 bits per heavy atom. The minimum atomic E-state index is 0.189. The van der Waals surface area contributed by atoms with Crippen molar-refractivity contribution >= 4 is 5.91 Å². The normalized spacial score (nSPS) is 30.9. The van der Waals surface area contributed by atoms with Gasteiger partial charge in [-0.3, -0.25) is 4.79 Å². The van der Waals surface area contributed by atoms with Crippen LogP contribution in [0.15, 0.2) is 0 Å². The standard InChI is InChI=1S/C14H26N2O/c1-13(2)11(14(13,3)4)9-16-12(17)10-6-5-7-15-8-10/h10-11,15H,5-9H2,1-4H3,(H,16,17)/t10-/m1/s1. The van der Waals surface area contributed by atoms with E-state index in [1.54, 1.807) is 0 Å². The number of carbonyl (C=O) groups is 1. The largest absolute Gasteiger partial charge is 0.356 e. The highest BCUT2D eigenvalue weighted by atomic mass is 16.1. The van der Waals surface area contributed by atoms with Gasteiger partial charge in [0.2, 0.25) is 5.91 Å². The van der Waals surface area contributed by atoms with Gasteiger partial charge < -0.3 is 10.6 Å². The topological polar surface area (TPSA) is 41.1 Å². The first kappa shape index (κ1) is 12.9. The van der Waals surface area contributed by atoms with Crippen LogP contribution >= 0.6 is 0 Å². The van der Waals surface area contributed by atoms with E-state index in [1.165, 1.54) is 0 Å². The van der Waals surface area contributed by atoms with E-state index in [4.69, 9.17) is 0 Å². The Kier molecular flexibility index (Phi) is 3.23. The molecule has 1 atom stereocenters. The maximum absolute atomic E-state index is 12.0. The van der Waals surface area contributed by atoms with Crippen LogP contribution in [0, 0.1) is 22.7 Å². The minimum absolute atomic E-state index is 0.189. The minimum Gasteiger partial charge on any atom is -0.356 e. The van der Waals surface area contributed by atoms with Crippen molar-refractivity contribution in [3.05, 3.63) is 0 Å². The van der Waals surface area contributed by atoms with Crippen LogP contribution < -0.4 is 10.6 Å². The predicted octanol–water partition coefficient (Wildman–Crippen LogP) is 1.78. The van der Waals surface area contributed by atoms with E-state index in [9.17, 15) is 4.79 Å². The third kappa shape index (κ3) is 2.22. The summed E-state index contributed by atoms with van der Waals surface area (Å²) in [7, 11) is 0. The Labute approximate surface area is 105 Å². The fourth-order valence-electron chi connectivity index (χ4n) is 3.27. The number of hydrogen-bond donors (Lipinski definition) is 2. The van der Waals surface area contributed by atoms with E-state index in [0.717, 1.165) is 32.5 Å². The molecule has 0 spiro atoms. The molecule has 2 aliphatic rings. The molecule has 2 rings (SSSR count). The first-order valence-electron chi connectivity index (χ1n) is 6.86. The molecule has 3 heteroatoms. The van der Waals surface area contributed by atoms with Crippen molar-refractivity contribution < 1.29 is 4.79 Å². The third-order valence-electron chi connectivity index (χ3n) is 5.47. The molecule has 0 radical (unpaired) electrons. The smallest absolute Gasteiger partial charge is 0.224 e. The molecule has 0 aromatic rings. The van der Waals surface area contributed by atoms with Crippen LogP contribution in [0.4, 0.5) is 0 Å². The van der Waals surface area contributed by atoms with Gasteiger partial charge in [0.05, 0.1) is 5.92 Å². The number of nitrogens with one attached hydrogen (secondary N) is 2. The number of rotatable bonds is 3. The molecule has 0 aromatic heterocycles. The number of piperidine rings is 1. The molecule has 0 unspecified atom stereocenters. The summed E-state index contributed by atoms with van der Waals surface area (Å²) in [6.07, 6.45) is 2.16. The van der Waals surface area contributed by atoms with Gasteiger partial charge in [-0.05, 0) is 36.1 Å². The average Bonchev–Trinajstić information content (AvgIpc) is 2.68. The highest BCUT2D eigenvalue weighted by molar-refractivity contribution is 5.79. The summed E-state index contributed by atoms with van der Waals surface area (Å²) in [5.74, 6) is 1.06. The van der Waals surface area contributed by atoms with Gasteiger partial charge in [-0.2, -0.15) is 0 Å². The first-order chi connectivity index (χ1) is 7.87. The van der Waals surface area contributed by atoms with Crippen molar-refractivity contribution in [1.29, 1.82) is 0 Å². The number of hydrogen-bond acceptors (Lipinski definition) is 2. The SMILES string of the molecule is CC1(C)C(CNC(=O)[C@@H]2CCCNC2)C1(C)C. The molecule has 98 valence electrons. The monoisotopic (exact) mass is 238 g/mol. The van der Waals surface area contributed by atoms with Gasteiger partial charge >= 0.3 is 0 Å². The molecule has 17 heavy (non-hydrogen) atoms. The van der Waals surface area contributed by atoms with Crippen LogP contribution in [-0.4, -0.2) is 25.5 Å². The van der Waals surface area contributed by atoms with Crippen LogP contribution in [0.3, 0.4) is 0 Å².